The molecule has 0 saturated carbocycles. The standard InChI is InChI=1S/C8H13FN2OS/c1-5(2)6(9)7(12)11-8-10-3-4-13-8/h5-6H,3-4H2,1-2H3,(H,10,11,12). The first-order valence-electron chi connectivity index (χ1n) is 4.23. The second kappa shape index (κ2) is 4.60. The van der Waals surface area contributed by atoms with Gasteiger partial charge in [0.25, 0.3) is 5.91 Å². The summed E-state index contributed by atoms with van der Waals surface area (Å²) < 4.78 is 13.1. The highest BCUT2D eigenvalue weighted by Crippen LogP contribution is 2.11. The van der Waals surface area contributed by atoms with Gasteiger partial charge in [0.2, 0.25) is 0 Å². The van der Waals surface area contributed by atoms with E-state index in [1.54, 1.807) is 13.8 Å². The molecule has 0 aromatic rings. The van der Waals surface area contributed by atoms with Crippen molar-refractivity contribution in [3.63, 3.8) is 0 Å². The molecule has 0 bridgehead atoms. The van der Waals surface area contributed by atoms with Crippen molar-refractivity contribution in [2.75, 3.05) is 12.3 Å². The number of rotatable bonds is 2. The fraction of sp³-hybridized carbons (Fsp3) is 0.750. The second-order valence-electron chi connectivity index (χ2n) is 3.17. The van der Waals surface area contributed by atoms with Gasteiger partial charge in [-0.3, -0.25) is 9.79 Å². The van der Waals surface area contributed by atoms with Crippen LogP contribution in [0.4, 0.5) is 4.39 Å². The minimum atomic E-state index is -1.44. The van der Waals surface area contributed by atoms with Gasteiger partial charge in [-0.1, -0.05) is 25.6 Å². The van der Waals surface area contributed by atoms with Crippen LogP contribution in [0.1, 0.15) is 13.8 Å². The Morgan fingerprint density at radius 1 is 1.69 bits per heavy atom. The Hall–Kier alpha value is -0.580. The summed E-state index contributed by atoms with van der Waals surface area (Å²) in [7, 11) is 0. The lowest BCUT2D eigenvalue weighted by Gasteiger charge is -2.11. The molecular formula is C8H13FN2OS. The van der Waals surface area contributed by atoms with Crippen LogP contribution in [0, 0.1) is 5.92 Å². The third kappa shape index (κ3) is 2.99. The molecule has 1 unspecified atom stereocenters. The van der Waals surface area contributed by atoms with E-state index in [1.807, 2.05) is 0 Å². The molecule has 1 heterocycles. The number of hydrogen-bond acceptors (Lipinski definition) is 3. The first-order valence-corrected chi connectivity index (χ1v) is 5.22. The summed E-state index contributed by atoms with van der Waals surface area (Å²) in [6.45, 7) is 4.06. The quantitative estimate of drug-likeness (QED) is 0.734. The molecule has 0 aliphatic carbocycles. The molecule has 0 fully saturated rings. The van der Waals surface area contributed by atoms with Gasteiger partial charge in [-0.25, -0.2) is 4.39 Å². The van der Waals surface area contributed by atoms with Gasteiger partial charge in [-0.2, -0.15) is 0 Å². The maximum atomic E-state index is 13.1. The monoisotopic (exact) mass is 204 g/mol. The van der Waals surface area contributed by atoms with Crippen LogP contribution >= 0.6 is 11.8 Å². The number of halogens is 1. The number of hydrogen-bond donors (Lipinski definition) is 1. The zero-order chi connectivity index (χ0) is 9.84. The second-order valence-corrected chi connectivity index (χ2v) is 4.25. The van der Waals surface area contributed by atoms with E-state index in [4.69, 9.17) is 0 Å². The SMILES string of the molecule is CC(C)C(F)C(=O)NC1=NCCS1. The van der Waals surface area contributed by atoms with E-state index in [0.29, 0.717) is 11.7 Å². The Morgan fingerprint density at radius 3 is 2.85 bits per heavy atom. The highest BCUT2D eigenvalue weighted by molar-refractivity contribution is 8.14. The Labute approximate surface area is 81.2 Å². The van der Waals surface area contributed by atoms with E-state index in [9.17, 15) is 9.18 Å². The topological polar surface area (TPSA) is 41.5 Å². The first-order chi connectivity index (χ1) is 6.11. The van der Waals surface area contributed by atoms with Crippen LogP contribution in [-0.4, -0.2) is 29.5 Å². The molecule has 5 heteroatoms. The van der Waals surface area contributed by atoms with Gasteiger partial charge in [0.05, 0.1) is 6.54 Å². The lowest BCUT2D eigenvalue weighted by Crippen LogP contribution is -2.37. The maximum Gasteiger partial charge on any atom is 0.260 e. The van der Waals surface area contributed by atoms with Crippen LogP contribution in [0.25, 0.3) is 0 Å². The van der Waals surface area contributed by atoms with E-state index < -0.39 is 12.1 Å². The number of nitrogens with one attached hydrogen (secondary N) is 1. The molecule has 0 saturated heterocycles. The van der Waals surface area contributed by atoms with Gasteiger partial charge in [0, 0.05) is 5.75 Å². The minimum absolute atomic E-state index is 0.285. The minimum Gasteiger partial charge on any atom is -0.303 e. The summed E-state index contributed by atoms with van der Waals surface area (Å²) in [5.74, 6) is 0.00369. The van der Waals surface area contributed by atoms with Crippen molar-refractivity contribution in [1.82, 2.24) is 5.32 Å². The van der Waals surface area contributed by atoms with Gasteiger partial charge in [0.1, 0.15) is 0 Å². The summed E-state index contributed by atoms with van der Waals surface area (Å²) in [5, 5.41) is 3.01. The molecule has 0 aromatic heterocycles. The molecule has 1 amide bonds. The normalized spacial score (nSPS) is 18.6. The molecular weight excluding hydrogens is 191 g/mol. The van der Waals surface area contributed by atoms with E-state index in [2.05, 4.69) is 10.3 Å². The molecule has 1 aliphatic heterocycles. The van der Waals surface area contributed by atoms with E-state index in [-0.39, 0.29) is 5.92 Å². The number of aliphatic imine (C=N–C) groups is 1. The zero-order valence-corrected chi connectivity index (χ0v) is 8.53. The van der Waals surface area contributed by atoms with Crippen LogP contribution in [0.15, 0.2) is 4.99 Å². The Balaban J connectivity index is 2.40. The molecule has 0 spiro atoms. The Bertz CT molecular complexity index is 230. The van der Waals surface area contributed by atoms with Crippen LogP contribution in [-0.2, 0) is 4.79 Å². The van der Waals surface area contributed by atoms with Gasteiger partial charge < -0.3 is 5.32 Å². The molecule has 3 nitrogen and oxygen atoms in total. The predicted octanol–water partition coefficient (Wildman–Crippen LogP) is 1.20. The fourth-order valence-electron chi connectivity index (χ4n) is 0.888. The van der Waals surface area contributed by atoms with Crippen LogP contribution in [0.2, 0.25) is 0 Å². The first kappa shape index (κ1) is 10.5. The molecule has 1 aliphatic rings. The smallest absolute Gasteiger partial charge is 0.260 e. The summed E-state index contributed by atoms with van der Waals surface area (Å²) >= 11 is 1.45. The zero-order valence-electron chi connectivity index (χ0n) is 7.71. The third-order valence-corrected chi connectivity index (χ3v) is 2.54. The molecule has 0 aromatic carbocycles. The summed E-state index contributed by atoms with van der Waals surface area (Å²) in [4.78, 5) is 15.2. The largest absolute Gasteiger partial charge is 0.303 e. The highest BCUT2D eigenvalue weighted by Gasteiger charge is 2.22. The average Bonchev–Trinajstić information content (AvgIpc) is 2.55. The molecule has 1 N–H and O–H groups in total. The third-order valence-electron chi connectivity index (χ3n) is 1.65. The van der Waals surface area contributed by atoms with E-state index in [0.717, 1.165) is 5.75 Å². The molecule has 1 atom stereocenters. The average molecular weight is 204 g/mol. The number of amides is 1. The van der Waals surface area contributed by atoms with Gasteiger partial charge in [-0.15, -0.1) is 0 Å². The van der Waals surface area contributed by atoms with E-state index >= 15 is 0 Å². The molecule has 13 heavy (non-hydrogen) atoms. The van der Waals surface area contributed by atoms with E-state index in [1.165, 1.54) is 11.8 Å². The van der Waals surface area contributed by atoms with Gasteiger partial charge in [-0.05, 0) is 5.92 Å². The van der Waals surface area contributed by atoms with Crippen molar-refractivity contribution in [1.29, 1.82) is 0 Å². The fourth-order valence-corrected chi connectivity index (χ4v) is 1.62. The number of amidine groups is 1. The number of thioether (sulfide) groups is 1. The van der Waals surface area contributed by atoms with Gasteiger partial charge in [0.15, 0.2) is 11.3 Å². The van der Waals surface area contributed by atoms with Crippen molar-refractivity contribution in [2.45, 2.75) is 20.0 Å². The molecule has 1 rings (SSSR count). The van der Waals surface area contributed by atoms with Crippen molar-refractivity contribution in [2.24, 2.45) is 10.9 Å². The Kier molecular flexibility index (Phi) is 3.71. The summed E-state index contributed by atoms with van der Waals surface area (Å²) in [5.41, 5.74) is 0. The molecule has 74 valence electrons. The summed E-state index contributed by atoms with van der Waals surface area (Å²) in [6.07, 6.45) is -1.44. The lowest BCUT2D eigenvalue weighted by molar-refractivity contribution is -0.125. The maximum absolute atomic E-state index is 13.1. The Morgan fingerprint density at radius 2 is 2.38 bits per heavy atom. The predicted molar refractivity (Wildman–Crippen MR) is 52.6 cm³/mol. The van der Waals surface area contributed by atoms with Crippen LogP contribution < -0.4 is 5.32 Å². The number of carbonyl (C=O) groups is 1. The van der Waals surface area contributed by atoms with Crippen molar-refractivity contribution >= 4 is 22.8 Å². The number of nitrogens with zero attached hydrogens (tertiary/aromatic N) is 1. The van der Waals surface area contributed by atoms with Gasteiger partial charge >= 0.3 is 0 Å². The molecule has 0 radical (unpaired) electrons. The highest BCUT2D eigenvalue weighted by atomic mass is 32.2. The number of carbonyl (C=O) groups excluding carboxylic acids is 1. The van der Waals surface area contributed by atoms with Crippen molar-refractivity contribution in [3.8, 4) is 0 Å². The van der Waals surface area contributed by atoms with Crippen molar-refractivity contribution < 1.29 is 9.18 Å². The summed E-state index contributed by atoms with van der Waals surface area (Å²) in [6, 6.07) is 0. The van der Waals surface area contributed by atoms with Crippen molar-refractivity contribution in [3.05, 3.63) is 0 Å². The lowest BCUT2D eigenvalue weighted by atomic mass is 10.1. The van der Waals surface area contributed by atoms with Crippen LogP contribution in [0.3, 0.4) is 0 Å². The number of alkyl halides is 1. The van der Waals surface area contributed by atoms with Crippen LogP contribution in [0.5, 0.6) is 0 Å².